The summed E-state index contributed by atoms with van der Waals surface area (Å²) < 4.78 is 29.2. The molecule has 1 aliphatic rings. The van der Waals surface area contributed by atoms with Crippen LogP contribution in [0.4, 0.5) is 0 Å². The SMILES string of the molecule is CC(C)n1ccnc1CN1CCCn2nc(CNS(C)(=O)=O)cc2C1. The summed E-state index contributed by atoms with van der Waals surface area (Å²) in [6.45, 7) is 7.97. The maximum absolute atomic E-state index is 11.3. The van der Waals surface area contributed by atoms with E-state index in [4.69, 9.17) is 0 Å². The number of sulfonamides is 1. The molecule has 0 unspecified atom stereocenters. The Hall–Kier alpha value is -1.71. The predicted octanol–water partition coefficient (Wildman–Crippen LogP) is 1.12. The van der Waals surface area contributed by atoms with Gasteiger partial charge < -0.3 is 4.57 Å². The third kappa shape index (κ3) is 4.68. The highest BCUT2D eigenvalue weighted by Gasteiger charge is 2.19. The number of imidazole rings is 1. The fourth-order valence-corrected chi connectivity index (χ4v) is 3.56. The highest BCUT2D eigenvalue weighted by atomic mass is 32.2. The molecule has 8 nitrogen and oxygen atoms in total. The standard InChI is InChI=1S/C16H26N6O2S/c1-13(2)21-8-5-17-16(21)12-20-6-4-7-22-15(11-20)9-14(19-22)10-18-25(3,23)24/h5,8-9,13,18H,4,6-7,10-12H2,1-3H3. The molecular formula is C16H26N6O2S. The summed E-state index contributed by atoms with van der Waals surface area (Å²) >= 11 is 0. The van der Waals surface area contributed by atoms with Crippen LogP contribution in [-0.4, -0.2) is 45.4 Å². The van der Waals surface area contributed by atoms with Crippen molar-refractivity contribution in [2.75, 3.05) is 12.8 Å². The first kappa shape index (κ1) is 18.1. The highest BCUT2D eigenvalue weighted by molar-refractivity contribution is 7.88. The van der Waals surface area contributed by atoms with Crippen LogP contribution in [0.5, 0.6) is 0 Å². The molecule has 1 N–H and O–H groups in total. The van der Waals surface area contributed by atoms with Crippen LogP contribution in [0.2, 0.25) is 0 Å². The van der Waals surface area contributed by atoms with E-state index in [1.54, 1.807) is 0 Å². The quantitative estimate of drug-likeness (QED) is 0.828. The Morgan fingerprint density at radius 3 is 2.84 bits per heavy atom. The van der Waals surface area contributed by atoms with Crippen molar-refractivity contribution >= 4 is 10.0 Å². The van der Waals surface area contributed by atoms with Gasteiger partial charge in [-0.1, -0.05) is 0 Å². The zero-order chi connectivity index (χ0) is 18.0. The van der Waals surface area contributed by atoms with Gasteiger partial charge in [0.2, 0.25) is 10.0 Å². The van der Waals surface area contributed by atoms with Gasteiger partial charge in [0.1, 0.15) is 5.82 Å². The first-order chi connectivity index (χ1) is 11.8. The van der Waals surface area contributed by atoms with Gasteiger partial charge in [0.05, 0.1) is 30.7 Å². The largest absolute Gasteiger partial charge is 0.331 e. The molecule has 0 saturated carbocycles. The lowest BCUT2D eigenvalue weighted by molar-refractivity contribution is 0.249. The highest BCUT2D eigenvalue weighted by Crippen LogP contribution is 2.17. The molecule has 3 rings (SSSR count). The maximum Gasteiger partial charge on any atom is 0.209 e. The predicted molar refractivity (Wildman–Crippen MR) is 95.3 cm³/mol. The van der Waals surface area contributed by atoms with Gasteiger partial charge in [-0.05, 0) is 26.3 Å². The Morgan fingerprint density at radius 2 is 2.12 bits per heavy atom. The van der Waals surface area contributed by atoms with Crippen LogP contribution >= 0.6 is 0 Å². The minimum atomic E-state index is -3.21. The Labute approximate surface area is 148 Å². The first-order valence-corrected chi connectivity index (χ1v) is 10.5. The van der Waals surface area contributed by atoms with E-state index >= 15 is 0 Å². The second kappa shape index (κ2) is 7.27. The molecule has 0 bridgehead atoms. The molecule has 1 aliphatic heterocycles. The Morgan fingerprint density at radius 1 is 1.32 bits per heavy atom. The van der Waals surface area contributed by atoms with E-state index in [2.05, 4.69) is 38.1 Å². The minimum Gasteiger partial charge on any atom is -0.331 e. The number of aryl methyl sites for hydroxylation is 1. The second-order valence-corrected chi connectivity index (χ2v) is 8.69. The number of nitrogens with zero attached hydrogens (tertiary/aromatic N) is 5. The van der Waals surface area contributed by atoms with Crippen LogP contribution in [0.15, 0.2) is 18.5 Å². The topological polar surface area (TPSA) is 85.1 Å². The van der Waals surface area contributed by atoms with E-state index in [0.29, 0.717) is 6.04 Å². The molecule has 0 aliphatic carbocycles. The Balaban J connectivity index is 1.70. The fraction of sp³-hybridized carbons (Fsp3) is 0.625. The van der Waals surface area contributed by atoms with Gasteiger partial charge in [-0.15, -0.1) is 0 Å². The number of aromatic nitrogens is 4. The number of rotatable bonds is 6. The molecule has 0 atom stereocenters. The molecule has 0 radical (unpaired) electrons. The normalized spacial score (nSPS) is 16.2. The molecule has 0 amide bonds. The van der Waals surface area contributed by atoms with Gasteiger partial charge in [-0.3, -0.25) is 9.58 Å². The summed E-state index contributed by atoms with van der Waals surface area (Å²) in [6, 6.07) is 2.38. The lowest BCUT2D eigenvalue weighted by atomic mass is 10.3. The summed E-state index contributed by atoms with van der Waals surface area (Å²) in [7, 11) is -3.21. The smallest absolute Gasteiger partial charge is 0.209 e. The van der Waals surface area contributed by atoms with Crippen molar-refractivity contribution < 1.29 is 8.42 Å². The van der Waals surface area contributed by atoms with Crippen LogP contribution in [0.25, 0.3) is 0 Å². The van der Waals surface area contributed by atoms with E-state index in [1.807, 2.05) is 23.1 Å². The molecule has 138 valence electrons. The van der Waals surface area contributed by atoms with Crippen molar-refractivity contribution in [3.8, 4) is 0 Å². The van der Waals surface area contributed by atoms with Crippen molar-refractivity contribution in [3.05, 3.63) is 35.7 Å². The fourth-order valence-electron chi connectivity index (χ4n) is 3.15. The third-order valence-corrected chi connectivity index (χ3v) is 5.00. The molecule has 0 spiro atoms. The summed E-state index contributed by atoms with van der Waals surface area (Å²) in [5, 5.41) is 4.53. The van der Waals surface area contributed by atoms with Gasteiger partial charge in [0, 0.05) is 38.1 Å². The number of hydrogen-bond donors (Lipinski definition) is 1. The monoisotopic (exact) mass is 366 g/mol. The number of hydrogen-bond acceptors (Lipinski definition) is 5. The molecule has 2 aromatic heterocycles. The summed E-state index contributed by atoms with van der Waals surface area (Å²) in [5.74, 6) is 1.07. The van der Waals surface area contributed by atoms with Crippen molar-refractivity contribution in [2.45, 2.75) is 52.5 Å². The van der Waals surface area contributed by atoms with E-state index < -0.39 is 10.0 Å². The van der Waals surface area contributed by atoms with E-state index in [9.17, 15) is 8.42 Å². The van der Waals surface area contributed by atoms with Crippen LogP contribution < -0.4 is 4.72 Å². The van der Waals surface area contributed by atoms with Crippen molar-refractivity contribution in [1.82, 2.24) is 29.0 Å². The molecule has 0 saturated heterocycles. The molecule has 25 heavy (non-hydrogen) atoms. The molecular weight excluding hydrogens is 340 g/mol. The van der Waals surface area contributed by atoms with Crippen LogP contribution in [-0.2, 0) is 36.2 Å². The van der Waals surface area contributed by atoms with Gasteiger partial charge >= 0.3 is 0 Å². The Bertz CT molecular complexity index is 824. The number of nitrogens with one attached hydrogen (secondary N) is 1. The van der Waals surface area contributed by atoms with Crippen molar-refractivity contribution in [3.63, 3.8) is 0 Å². The minimum absolute atomic E-state index is 0.233. The summed E-state index contributed by atoms with van der Waals surface area (Å²) in [5.41, 5.74) is 1.87. The molecule has 9 heteroatoms. The Kier molecular flexibility index (Phi) is 5.26. The molecule has 0 fully saturated rings. The lowest BCUT2D eigenvalue weighted by Crippen LogP contribution is -2.25. The number of fused-ring (bicyclic) bond motifs is 1. The summed E-state index contributed by atoms with van der Waals surface area (Å²) in [4.78, 5) is 6.87. The van der Waals surface area contributed by atoms with Gasteiger partial charge in [-0.2, -0.15) is 5.10 Å². The van der Waals surface area contributed by atoms with E-state index in [1.165, 1.54) is 0 Å². The van der Waals surface area contributed by atoms with Gasteiger partial charge in [0.25, 0.3) is 0 Å². The van der Waals surface area contributed by atoms with Gasteiger partial charge in [-0.25, -0.2) is 18.1 Å². The average Bonchev–Trinajstić information content (AvgIpc) is 3.08. The van der Waals surface area contributed by atoms with Crippen LogP contribution in [0, 0.1) is 0 Å². The van der Waals surface area contributed by atoms with Crippen LogP contribution in [0.1, 0.15) is 43.5 Å². The van der Waals surface area contributed by atoms with Crippen molar-refractivity contribution in [1.29, 1.82) is 0 Å². The summed E-state index contributed by atoms with van der Waals surface area (Å²) in [6.07, 6.45) is 6.05. The van der Waals surface area contributed by atoms with Crippen LogP contribution in [0.3, 0.4) is 0 Å². The third-order valence-electron chi connectivity index (χ3n) is 4.33. The van der Waals surface area contributed by atoms with Gasteiger partial charge in [0.15, 0.2) is 0 Å². The zero-order valence-corrected chi connectivity index (χ0v) is 15.8. The van der Waals surface area contributed by atoms with E-state index in [0.717, 1.165) is 56.1 Å². The lowest BCUT2D eigenvalue weighted by Gasteiger charge is -2.21. The maximum atomic E-state index is 11.3. The average molecular weight is 366 g/mol. The molecule has 3 heterocycles. The first-order valence-electron chi connectivity index (χ1n) is 8.56. The zero-order valence-electron chi connectivity index (χ0n) is 15.0. The molecule has 0 aromatic carbocycles. The molecule has 2 aromatic rings. The van der Waals surface area contributed by atoms with Crippen molar-refractivity contribution in [2.24, 2.45) is 0 Å². The van der Waals surface area contributed by atoms with E-state index in [-0.39, 0.29) is 6.54 Å². The second-order valence-electron chi connectivity index (χ2n) is 6.85.